The third-order valence-electron chi connectivity index (χ3n) is 4.01. The summed E-state index contributed by atoms with van der Waals surface area (Å²) in [5.41, 5.74) is 8.26. The van der Waals surface area contributed by atoms with Crippen LogP contribution in [0.1, 0.15) is 31.7 Å². The number of benzene rings is 1. The van der Waals surface area contributed by atoms with Gasteiger partial charge in [0.2, 0.25) is 0 Å². The summed E-state index contributed by atoms with van der Waals surface area (Å²) in [5, 5.41) is 0. The minimum absolute atomic E-state index is 0.708. The Balaban J connectivity index is 2.03. The van der Waals surface area contributed by atoms with Crippen molar-refractivity contribution in [2.24, 2.45) is 11.7 Å². The second-order valence-electron chi connectivity index (χ2n) is 5.15. The topological polar surface area (TPSA) is 29.3 Å². The molecule has 1 aromatic carbocycles. The van der Waals surface area contributed by atoms with Crippen LogP contribution in [0.2, 0.25) is 0 Å². The van der Waals surface area contributed by atoms with Crippen LogP contribution < -0.4 is 10.6 Å². The van der Waals surface area contributed by atoms with Crippen LogP contribution in [0.5, 0.6) is 0 Å². The van der Waals surface area contributed by atoms with Crippen molar-refractivity contribution in [3.63, 3.8) is 0 Å². The van der Waals surface area contributed by atoms with Crippen molar-refractivity contribution >= 4 is 21.6 Å². The highest BCUT2D eigenvalue weighted by molar-refractivity contribution is 9.10. The average Bonchev–Trinajstić information content (AvgIpc) is 2.41. The summed E-state index contributed by atoms with van der Waals surface area (Å²) in [4.78, 5) is 2.50. The van der Waals surface area contributed by atoms with Crippen molar-refractivity contribution in [3.8, 4) is 0 Å². The number of anilines is 1. The molecule has 0 aromatic heterocycles. The molecular formula is C15H23BrN2. The van der Waals surface area contributed by atoms with Gasteiger partial charge in [-0.1, -0.05) is 35.3 Å². The van der Waals surface area contributed by atoms with Gasteiger partial charge in [-0.2, -0.15) is 0 Å². The zero-order valence-electron chi connectivity index (χ0n) is 11.2. The maximum atomic E-state index is 5.61. The van der Waals surface area contributed by atoms with Crippen molar-refractivity contribution in [2.45, 2.75) is 32.6 Å². The van der Waals surface area contributed by atoms with Crippen molar-refractivity contribution in [1.29, 1.82) is 0 Å². The Bertz CT molecular complexity index is 384. The molecule has 2 rings (SSSR count). The van der Waals surface area contributed by atoms with E-state index in [0.29, 0.717) is 6.54 Å². The monoisotopic (exact) mass is 310 g/mol. The van der Waals surface area contributed by atoms with Gasteiger partial charge < -0.3 is 10.6 Å². The lowest BCUT2D eigenvalue weighted by Crippen LogP contribution is -2.33. The van der Waals surface area contributed by atoms with Gasteiger partial charge in [0.05, 0.1) is 0 Å². The van der Waals surface area contributed by atoms with E-state index in [4.69, 9.17) is 5.73 Å². The molecule has 1 heterocycles. The van der Waals surface area contributed by atoms with Crippen LogP contribution in [0.15, 0.2) is 22.7 Å². The Morgan fingerprint density at radius 2 is 2.06 bits per heavy atom. The minimum Gasteiger partial charge on any atom is -0.371 e. The van der Waals surface area contributed by atoms with E-state index < -0.39 is 0 Å². The molecule has 0 spiro atoms. The van der Waals surface area contributed by atoms with E-state index in [-0.39, 0.29) is 0 Å². The molecule has 0 aliphatic carbocycles. The van der Waals surface area contributed by atoms with Crippen LogP contribution in [0.25, 0.3) is 0 Å². The fourth-order valence-corrected chi connectivity index (χ4v) is 3.26. The summed E-state index contributed by atoms with van der Waals surface area (Å²) >= 11 is 3.66. The molecule has 0 radical (unpaired) electrons. The standard InChI is InChI=1S/C15H23BrN2/c1-2-12-6-9-18(10-7-12)14-4-3-13(5-8-17)15(16)11-14/h3-4,11-12H,2,5-10,17H2,1H3. The predicted octanol–water partition coefficient (Wildman–Crippen LogP) is 3.58. The Hall–Kier alpha value is -0.540. The zero-order chi connectivity index (χ0) is 13.0. The molecule has 1 aliphatic rings. The maximum Gasteiger partial charge on any atom is 0.0377 e. The minimum atomic E-state index is 0.708. The van der Waals surface area contributed by atoms with Crippen molar-refractivity contribution < 1.29 is 0 Å². The number of piperidine rings is 1. The van der Waals surface area contributed by atoms with Crippen LogP contribution in [0.3, 0.4) is 0 Å². The Labute approximate surface area is 119 Å². The molecule has 1 saturated heterocycles. The van der Waals surface area contributed by atoms with Gasteiger partial charge in [0.25, 0.3) is 0 Å². The van der Waals surface area contributed by atoms with Gasteiger partial charge in [-0.05, 0) is 49.4 Å². The fraction of sp³-hybridized carbons (Fsp3) is 0.600. The first kappa shape index (κ1) is 13.9. The van der Waals surface area contributed by atoms with Gasteiger partial charge in [0.1, 0.15) is 0 Å². The summed E-state index contributed by atoms with van der Waals surface area (Å²) in [7, 11) is 0. The third-order valence-corrected chi connectivity index (χ3v) is 4.75. The molecule has 1 aromatic rings. The Morgan fingerprint density at radius 3 is 2.61 bits per heavy atom. The summed E-state index contributed by atoms with van der Waals surface area (Å²) in [5.74, 6) is 0.932. The second kappa shape index (κ2) is 6.58. The molecule has 100 valence electrons. The predicted molar refractivity (Wildman–Crippen MR) is 82.1 cm³/mol. The number of hydrogen-bond donors (Lipinski definition) is 1. The second-order valence-corrected chi connectivity index (χ2v) is 6.01. The van der Waals surface area contributed by atoms with Gasteiger partial charge in [-0.25, -0.2) is 0 Å². The molecule has 0 saturated carbocycles. The average molecular weight is 311 g/mol. The number of nitrogens with zero attached hydrogens (tertiary/aromatic N) is 1. The summed E-state index contributed by atoms with van der Waals surface area (Å²) in [6, 6.07) is 6.69. The summed E-state index contributed by atoms with van der Waals surface area (Å²) in [6.45, 7) is 5.40. The Kier molecular flexibility index (Phi) is 5.07. The van der Waals surface area contributed by atoms with Gasteiger partial charge in [-0.3, -0.25) is 0 Å². The van der Waals surface area contributed by atoms with Crippen LogP contribution in [-0.4, -0.2) is 19.6 Å². The lowest BCUT2D eigenvalue weighted by molar-refractivity contribution is 0.395. The number of hydrogen-bond acceptors (Lipinski definition) is 2. The molecule has 1 fully saturated rings. The first-order chi connectivity index (χ1) is 8.74. The van der Waals surface area contributed by atoms with Crippen molar-refractivity contribution in [1.82, 2.24) is 0 Å². The molecule has 0 bridgehead atoms. The molecule has 3 heteroatoms. The molecule has 2 nitrogen and oxygen atoms in total. The lowest BCUT2D eigenvalue weighted by Gasteiger charge is -2.33. The van der Waals surface area contributed by atoms with Gasteiger partial charge >= 0.3 is 0 Å². The van der Waals surface area contributed by atoms with E-state index in [9.17, 15) is 0 Å². The highest BCUT2D eigenvalue weighted by Crippen LogP contribution is 2.28. The number of halogens is 1. The number of nitrogens with two attached hydrogens (primary N) is 1. The highest BCUT2D eigenvalue weighted by Gasteiger charge is 2.18. The van der Waals surface area contributed by atoms with Gasteiger partial charge in [-0.15, -0.1) is 0 Å². The normalized spacial score (nSPS) is 17.2. The largest absolute Gasteiger partial charge is 0.371 e. The SMILES string of the molecule is CCC1CCN(c2ccc(CCN)c(Br)c2)CC1. The van der Waals surface area contributed by atoms with E-state index >= 15 is 0 Å². The number of rotatable bonds is 4. The molecular weight excluding hydrogens is 288 g/mol. The van der Waals surface area contributed by atoms with Crippen LogP contribution >= 0.6 is 15.9 Å². The first-order valence-electron chi connectivity index (χ1n) is 6.98. The summed E-state index contributed by atoms with van der Waals surface area (Å²) < 4.78 is 1.20. The van der Waals surface area contributed by atoms with E-state index in [1.54, 1.807) is 0 Å². The molecule has 0 unspecified atom stereocenters. The van der Waals surface area contributed by atoms with Crippen molar-refractivity contribution in [3.05, 3.63) is 28.2 Å². The fourth-order valence-electron chi connectivity index (χ4n) is 2.69. The van der Waals surface area contributed by atoms with E-state index in [2.05, 4.69) is 46.0 Å². The molecule has 0 atom stereocenters. The third kappa shape index (κ3) is 3.27. The van der Waals surface area contributed by atoms with Gasteiger partial charge in [0, 0.05) is 23.2 Å². The Morgan fingerprint density at radius 1 is 1.33 bits per heavy atom. The maximum absolute atomic E-state index is 5.61. The van der Waals surface area contributed by atoms with Crippen LogP contribution in [0, 0.1) is 5.92 Å². The van der Waals surface area contributed by atoms with Crippen LogP contribution in [0.4, 0.5) is 5.69 Å². The van der Waals surface area contributed by atoms with E-state index in [1.165, 1.54) is 48.1 Å². The van der Waals surface area contributed by atoms with E-state index in [1.807, 2.05) is 0 Å². The lowest BCUT2D eigenvalue weighted by atomic mass is 9.94. The first-order valence-corrected chi connectivity index (χ1v) is 7.77. The van der Waals surface area contributed by atoms with Crippen LogP contribution in [-0.2, 0) is 6.42 Å². The smallest absolute Gasteiger partial charge is 0.0377 e. The van der Waals surface area contributed by atoms with E-state index in [0.717, 1.165) is 12.3 Å². The summed E-state index contributed by atoms with van der Waals surface area (Å²) in [6.07, 6.45) is 4.93. The van der Waals surface area contributed by atoms with Gasteiger partial charge in [0.15, 0.2) is 0 Å². The molecule has 1 aliphatic heterocycles. The molecule has 18 heavy (non-hydrogen) atoms. The molecule has 2 N–H and O–H groups in total. The highest BCUT2D eigenvalue weighted by atomic mass is 79.9. The molecule has 0 amide bonds. The quantitative estimate of drug-likeness (QED) is 0.921. The van der Waals surface area contributed by atoms with Crippen molar-refractivity contribution in [2.75, 3.05) is 24.5 Å². The zero-order valence-corrected chi connectivity index (χ0v) is 12.7.